The number of nitrogens with zero attached hydrogens (tertiary/aromatic N) is 2. The zero-order chi connectivity index (χ0) is 14.6. The summed E-state index contributed by atoms with van der Waals surface area (Å²) >= 11 is 0. The summed E-state index contributed by atoms with van der Waals surface area (Å²) in [4.78, 5) is 0. The molecule has 0 aliphatic carbocycles. The lowest BCUT2D eigenvalue weighted by Crippen LogP contribution is -2.47. The van der Waals surface area contributed by atoms with Crippen LogP contribution < -0.4 is 0 Å². The topological polar surface area (TPSA) is 43.3 Å². The molecule has 0 saturated carbocycles. The Morgan fingerprint density at radius 1 is 1.55 bits per heavy atom. The molecule has 0 aromatic rings. The molecule has 0 aromatic heterocycles. The SMILES string of the molecule is C=CC[C@@H]1OC(C)(C)OC/C1=N\N1CCC[C@H]1COC. The summed E-state index contributed by atoms with van der Waals surface area (Å²) in [5.74, 6) is -0.552. The van der Waals surface area contributed by atoms with Crippen LogP contribution >= 0.6 is 0 Å². The molecule has 2 rings (SSSR count). The highest BCUT2D eigenvalue weighted by Gasteiger charge is 2.34. The number of methoxy groups -OCH3 is 1. The van der Waals surface area contributed by atoms with Crippen molar-refractivity contribution >= 4 is 5.71 Å². The summed E-state index contributed by atoms with van der Waals surface area (Å²) < 4.78 is 16.9. The summed E-state index contributed by atoms with van der Waals surface area (Å²) in [7, 11) is 1.74. The summed E-state index contributed by atoms with van der Waals surface area (Å²) in [5.41, 5.74) is 0.951. The van der Waals surface area contributed by atoms with Gasteiger partial charge in [-0.2, -0.15) is 5.10 Å². The summed E-state index contributed by atoms with van der Waals surface area (Å²) in [6, 6.07) is 0.367. The molecule has 0 amide bonds. The maximum atomic E-state index is 5.95. The molecule has 2 fully saturated rings. The van der Waals surface area contributed by atoms with E-state index in [4.69, 9.17) is 19.3 Å². The minimum atomic E-state index is -0.552. The first kappa shape index (κ1) is 15.5. The Labute approximate surface area is 121 Å². The normalized spacial score (nSPS) is 31.8. The van der Waals surface area contributed by atoms with E-state index >= 15 is 0 Å². The second kappa shape index (κ2) is 6.70. The van der Waals surface area contributed by atoms with Gasteiger partial charge in [-0.05, 0) is 33.1 Å². The molecule has 0 unspecified atom stereocenters. The molecular formula is C15H26N2O3. The van der Waals surface area contributed by atoms with Gasteiger partial charge in [0.25, 0.3) is 0 Å². The summed E-state index contributed by atoms with van der Waals surface area (Å²) in [5, 5.41) is 6.90. The minimum Gasteiger partial charge on any atom is -0.382 e. The predicted octanol–water partition coefficient (Wildman–Crippen LogP) is 2.18. The highest BCUT2D eigenvalue weighted by atomic mass is 16.7. The first-order valence-corrected chi connectivity index (χ1v) is 7.31. The maximum Gasteiger partial charge on any atom is 0.164 e. The highest BCUT2D eigenvalue weighted by molar-refractivity contribution is 5.90. The van der Waals surface area contributed by atoms with Crippen LogP contribution in [0.15, 0.2) is 17.8 Å². The van der Waals surface area contributed by atoms with E-state index in [0.717, 1.165) is 38.1 Å². The van der Waals surface area contributed by atoms with Crippen LogP contribution in [0.4, 0.5) is 0 Å². The molecule has 0 N–H and O–H groups in total. The van der Waals surface area contributed by atoms with E-state index in [2.05, 4.69) is 11.6 Å². The van der Waals surface area contributed by atoms with E-state index in [1.807, 2.05) is 19.9 Å². The molecule has 2 atom stereocenters. The van der Waals surface area contributed by atoms with Crippen LogP contribution in [0.3, 0.4) is 0 Å². The minimum absolute atomic E-state index is 0.0416. The van der Waals surface area contributed by atoms with Crippen LogP contribution in [-0.2, 0) is 14.2 Å². The van der Waals surface area contributed by atoms with Gasteiger partial charge in [-0.25, -0.2) is 0 Å². The number of hydrogen-bond donors (Lipinski definition) is 0. The van der Waals surface area contributed by atoms with Crippen molar-refractivity contribution in [2.75, 3.05) is 26.9 Å². The Morgan fingerprint density at radius 2 is 2.35 bits per heavy atom. The van der Waals surface area contributed by atoms with Crippen LogP contribution in [0.2, 0.25) is 0 Å². The first-order valence-electron chi connectivity index (χ1n) is 7.31. The van der Waals surface area contributed by atoms with Crippen molar-refractivity contribution in [1.82, 2.24) is 5.01 Å². The van der Waals surface area contributed by atoms with Gasteiger partial charge in [0, 0.05) is 13.7 Å². The van der Waals surface area contributed by atoms with Crippen molar-refractivity contribution in [2.45, 2.75) is 51.0 Å². The average molecular weight is 282 g/mol. The summed E-state index contributed by atoms with van der Waals surface area (Å²) in [6.07, 6.45) is 4.88. The van der Waals surface area contributed by atoms with Crippen LogP contribution in [0.5, 0.6) is 0 Å². The molecular weight excluding hydrogens is 256 g/mol. The van der Waals surface area contributed by atoms with E-state index in [0.29, 0.717) is 12.6 Å². The quantitative estimate of drug-likeness (QED) is 0.725. The Bertz CT molecular complexity index is 368. The fourth-order valence-electron chi connectivity index (χ4n) is 2.69. The van der Waals surface area contributed by atoms with Crippen molar-refractivity contribution in [3.8, 4) is 0 Å². The van der Waals surface area contributed by atoms with E-state index in [-0.39, 0.29) is 6.10 Å². The van der Waals surface area contributed by atoms with Gasteiger partial charge in [-0.1, -0.05) is 6.08 Å². The van der Waals surface area contributed by atoms with Crippen LogP contribution in [0, 0.1) is 0 Å². The van der Waals surface area contributed by atoms with Crippen LogP contribution in [0.25, 0.3) is 0 Å². The smallest absolute Gasteiger partial charge is 0.164 e. The second-order valence-corrected chi connectivity index (χ2v) is 5.83. The van der Waals surface area contributed by atoms with Gasteiger partial charge >= 0.3 is 0 Å². The lowest BCUT2D eigenvalue weighted by atomic mass is 10.1. The molecule has 2 aliphatic rings. The molecule has 0 spiro atoms. The van der Waals surface area contributed by atoms with E-state index in [1.54, 1.807) is 7.11 Å². The largest absolute Gasteiger partial charge is 0.382 e. The first-order chi connectivity index (χ1) is 9.55. The molecule has 114 valence electrons. The number of rotatable bonds is 5. The monoisotopic (exact) mass is 282 g/mol. The van der Waals surface area contributed by atoms with Gasteiger partial charge in [0.1, 0.15) is 6.10 Å². The third-order valence-corrected chi connectivity index (χ3v) is 3.71. The fraction of sp³-hybridized carbons (Fsp3) is 0.800. The molecule has 2 aliphatic heterocycles. The second-order valence-electron chi connectivity index (χ2n) is 5.83. The highest BCUT2D eigenvalue weighted by Crippen LogP contribution is 2.25. The van der Waals surface area contributed by atoms with Crippen molar-refractivity contribution < 1.29 is 14.2 Å². The van der Waals surface area contributed by atoms with Crippen molar-refractivity contribution in [3.63, 3.8) is 0 Å². The van der Waals surface area contributed by atoms with Gasteiger partial charge in [-0.15, -0.1) is 6.58 Å². The zero-order valence-electron chi connectivity index (χ0n) is 12.8. The van der Waals surface area contributed by atoms with Crippen LogP contribution in [0.1, 0.15) is 33.1 Å². The predicted molar refractivity (Wildman–Crippen MR) is 78.8 cm³/mol. The van der Waals surface area contributed by atoms with Gasteiger partial charge in [0.05, 0.1) is 25.0 Å². The van der Waals surface area contributed by atoms with Gasteiger partial charge in [0.2, 0.25) is 0 Å². The molecule has 0 bridgehead atoms. The molecule has 5 nitrogen and oxygen atoms in total. The number of ether oxygens (including phenoxy) is 3. The van der Waals surface area contributed by atoms with Crippen molar-refractivity contribution in [2.24, 2.45) is 5.10 Å². The van der Waals surface area contributed by atoms with Gasteiger partial charge < -0.3 is 14.2 Å². The molecule has 20 heavy (non-hydrogen) atoms. The van der Waals surface area contributed by atoms with E-state index in [1.165, 1.54) is 0 Å². The molecule has 5 heteroatoms. The Kier molecular flexibility index (Phi) is 5.18. The number of hydrazone groups is 1. The molecule has 0 radical (unpaired) electrons. The summed E-state index contributed by atoms with van der Waals surface area (Å²) in [6.45, 7) is 9.88. The van der Waals surface area contributed by atoms with Crippen LogP contribution in [-0.4, -0.2) is 55.5 Å². The third-order valence-electron chi connectivity index (χ3n) is 3.71. The zero-order valence-corrected chi connectivity index (χ0v) is 12.8. The molecule has 2 heterocycles. The lowest BCUT2D eigenvalue weighted by Gasteiger charge is -2.37. The Balaban J connectivity index is 2.08. The van der Waals surface area contributed by atoms with Crippen molar-refractivity contribution in [3.05, 3.63) is 12.7 Å². The Hall–Kier alpha value is -0.910. The molecule has 0 aromatic carbocycles. The van der Waals surface area contributed by atoms with Crippen molar-refractivity contribution in [1.29, 1.82) is 0 Å². The van der Waals surface area contributed by atoms with E-state index in [9.17, 15) is 0 Å². The average Bonchev–Trinajstić information content (AvgIpc) is 2.81. The maximum absolute atomic E-state index is 5.95. The van der Waals surface area contributed by atoms with Gasteiger partial charge in [0.15, 0.2) is 5.79 Å². The Morgan fingerprint density at radius 3 is 3.05 bits per heavy atom. The third kappa shape index (κ3) is 3.81. The molecule has 2 saturated heterocycles. The lowest BCUT2D eigenvalue weighted by molar-refractivity contribution is -0.234. The fourth-order valence-corrected chi connectivity index (χ4v) is 2.69. The number of hydrogen-bond acceptors (Lipinski definition) is 5. The van der Waals surface area contributed by atoms with E-state index < -0.39 is 5.79 Å². The van der Waals surface area contributed by atoms with Gasteiger partial charge in [-0.3, -0.25) is 5.01 Å². The standard InChI is InChI=1S/C15H26N2O3/c1-5-7-14-13(11-19-15(2,3)20-14)16-17-9-6-8-12(17)10-18-4/h5,12,14H,1,6-11H2,2-4H3/b16-13+/t12-,14-/m0/s1.